The van der Waals surface area contributed by atoms with Crippen molar-refractivity contribution in [3.8, 4) is 0 Å². The molecular weight excluding hydrogens is 435 g/mol. The maximum Gasteiger partial charge on any atom is 0.216 e. The van der Waals surface area contributed by atoms with Crippen molar-refractivity contribution in [1.29, 1.82) is 0 Å². The molecular formula is C20H32Cl2N2O2S2. The van der Waals surface area contributed by atoms with Crippen molar-refractivity contribution in [3.05, 3.63) is 33.8 Å². The van der Waals surface area contributed by atoms with E-state index >= 15 is 0 Å². The molecule has 8 heteroatoms. The Bertz CT molecular complexity index is 708. The Kier molecular flexibility index (Phi) is 9.43. The SMILES string of the molecule is CC(C)(C)S(=O)(=O)NC1CCC(CNCCSCc2c(Cl)cccc2Cl)CC1. The molecule has 0 unspecified atom stereocenters. The van der Waals surface area contributed by atoms with Crippen LogP contribution in [-0.2, 0) is 15.8 Å². The summed E-state index contributed by atoms with van der Waals surface area (Å²) in [5.74, 6) is 2.44. The summed E-state index contributed by atoms with van der Waals surface area (Å²) < 4.78 is 26.7. The van der Waals surface area contributed by atoms with Crippen LogP contribution >= 0.6 is 35.0 Å². The molecule has 2 rings (SSSR count). The summed E-state index contributed by atoms with van der Waals surface area (Å²) in [6.45, 7) is 7.16. The predicted molar refractivity (Wildman–Crippen MR) is 123 cm³/mol. The average Bonchev–Trinajstić information content (AvgIpc) is 2.60. The molecule has 0 aliphatic heterocycles. The van der Waals surface area contributed by atoms with Crippen molar-refractivity contribution < 1.29 is 8.42 Å². The van der Waals surface area contributed by atoms with Crippen LogP contribution in [0.15, 0.2) is 18.2 Å². The molecule has 1 fully saturated rings. The molecule has 160 valence electrons. The van der Waals surface area contributed by atoms with Gasteiger partial charge in [0, 0.05) is 34.1 Å². The van der Waals surface area contributed by atoms with E-state index in [2.05, 4.69) is 10.0 Å². The molecule has 0 atom stereocenters. The number of halogens is 2. The molecule has 4 nitrogen and oxygen atoms in total. The van der Waals surface area contributed by atoms with E-state index in [0.29, 0.717) is 5.92 Å². The van der Waals surface area contributed by atoms with E-state index in [-0.39, 0.29) is 6.04 Å². The van der Waals surface area contributed by atoms with E-state index in [9.17, 15) is 8.42 Å². The molecule has 0 amide bonds. The summed E-state index contributed by atoms with van der Waals surface area (Å²) in [6, 6.07) is 5.69. The smallest absolute Gasteiger partial charge is 0.216 e. The van der Waals surface area contributed by atoms with Crippen LogP contribution in [0.1, 0.15) is 52.0 Å². The highest BCUT2D eigenvalue weighted by Gasteiger charge is 2.32. The van der Waals surface area contributed by atoms with Crippen LogP contribution in [0.4, 0.5) is 0 Å². The Morgan fingerprint density at radius 1 is 1.11 bits per heavy atom. The van der Waals surface area contributed by atoms with E-state index in [1.54, 1.807) is 20.8 Å². The van der Waals surface area contributed by atoms with Crippen molar-refractivity contribution in [3.63, 3.8) is 0 Å². The second-order valence-corrected chi connectivity index (χ2v) is 12.8. The molecule has 0 radical (unpaired) electrons. The van der Waals surface area contributed by atoms with Gasteiger partial charge in [-0.2, -0.15) is 11.8 Å². The monoisotopic (exact) mass is 466 g/mol. The maximum absolute atomic E-state index is 12.3. The third kappa shape index (κ3) is 7.37. The molecule has 1 aliphatic rings. The van der Waals surface area contributed by atoms with Crippen LogP contribution in [0.3, 0.4) is 0 Å². The first-order valence-electron chi connectivity index (χ1n) is 9.83. The summed E-state index contributed by atoms with van der Waals surface area (Å²) in [5.41, 5.74) is 1.01. The third-order valence-corrected chi connectivity index (χ3v) is 9.09. The maximum atomic E-state index is 12.3. The quantitative estimate of drug-likeness (QED) is 0.497. The van der Waals surface area contributed by atoms with E-state index in [0.717, 1.165) is 65.9 Å². The second kappa shape index (κ2) is 10.9. The van der Waals surface area contributed by atoms with Gasteiger partial charge in [-0.25, -0.2) is 13.1 Å². The van der Waals surface area contributed by atoms with Crippen LogP contribution in [0.5, 0.6) is 0 Å². The third-order valence-electron chi connectivity index (χ3n) is 5.14. The van der Waals surface area contributed by atoms with Gasteiger partial charge in [-0.15, -0.1) is 0 Å². The first kappa shape index (κ1) is 24.3. The van der Waals surface area contributed by atoms with E-state index in [4.69, 9.17) is 23.2 Å². The van der Waals surface area contributed by atoms with E-state index < -0.39 is 14.8 Å². The minimum Gasteiger partial charge on any atom is -0.316 e. The zero-order valence-corrected chi connectivity index (χ0v) is 20.1. The number of nitrogens with one attached hydrogen (secondary N) is 2. The fourth-order valence-corrected chi connectivity index (χ4v) is 5.84. The van der Waals surface area contributed by atoms with Gasteiger partial charge < -0.3 is 5.32 Å². The number of thioether (sulfide) groups is 1. The molecule has 28 heavy (non-hydrogen) atoms. The molecule has 1 aliphatic carbocycles. The second-order valence-electron chi connectivity index (χ2n) is 8.41. The zero-order valence-electron chi connectivity index (χ0n) is 16.9. The molecule has 0 heterocycles. The van der Waals surface area contributed by atoms with E-state index in [1.165, 1.54) is 0 Å². The molecule has 2 N–H and O–H groups in total. The van der Waals surface area contributed by atoms with Crippen molar-refractivity contribution in [2.45, 2.75) is 63.0 Å². The number of hydrogen-bond donors (Lipinski definition) is 2. The highest BCUT2D eigenvalue weighted by molar-refractivity contribution is 7.98. The highest BCUT2D eigenvalue weighted by atomic mass is 35.5. The van der Waals surface area contributed by atoms with Crippen molar-refractivity contribution in [2.24, 2.45) is 5.92 Å². The fraction of sp³-hybridized carbons (Fsp3) is 0.700. The topological polar surface area (TPSA) is 58.2 Å². The molecule has 1 saturated carbocycles. The molecule has 1 aromatic rings. The summed E-state index contributed by atoms with van der Waals surface area (Å²) in [5, 5.41) is 4.99. The minimum atomic E-state index is -3.26. The standard InChI is InChI=1S/C20H32Cl2N2O2S2/c1-20(2,3)28(25,26)24-16-9-7-15(8-10-16)13-23-11-12-27-14-17-18(21)5-4-6-19(17)22/h4-6,15-16,23-24H,7-14H2,1-3H3. The summed E-state index contributed by atoms with van der Waals surface area (Å²) in [6.07, 6.45) is 3.96. The van der Waals surface area contributed by atoms with Gasteiger partial charge in [0.05, 0.1) is 4.75 Å². The van der Waals surface area contributed by atoms with Gasteiger partial charge in [0.1, 0.15) is 0 Å². The molecule has 0 aromatic heterocycles. The van der Waals surface area contributed by atoms with Crippen LogP contribution in [0, 0.1) is 5.92 Å². The van der Waals surface area contributed by atoms with Gasteiger partial charge in [-0.1, -0.05) is 29.3 Å². The van der Waals surface area contributed by atoms with Gasteiger partial charge in [-0.05, 0) is 76.6 Å². The van der Waals surface area contributed by atoms with E-state index in [1.807, 2.05) is 30.0 Å². The predicted octanol–water partition coefficient (Wildman–Crippen LogP) is 5.09. The van der Waals surface area contributed by atoms with Crippen LogP contribution in [-0.4, -0.2) is 38.0 Å². The lowest BCUT2D eigenvalue weighted by Crippen LogP contribution is -2.46. The average molecular weight is 468 g/mol. The van der Waals surface area contributed by atoms with Crippen molar-refractivity contribution >= 4 is 45.0 Å². The first-order chi connectivity index (χ1) is 13.1. The number of sulfonamides is 1. The Morgan fingerprint density at radius 3 is 2.29 bits per heavy atom. The van der Waals surface area contributed by atoms with Gasteiger partial charge >= 0.3 is 0 Å². The Morgan fingerprint density at radius 2 is 1.71 bits per heavy atom. The molecule has 0 saturated heterocycles. The first-order valence-corrected chi connectivity index (χ1v) is 13.2. The molecule has 0 spiro atoms. The van der Waals surface area contributed by atoms with Gasteiger partial charge in [0.15, 0.2) is 0 Å². The van der Waals surface area contributed by atoms with Crippen molar-refractivity contribution in [2.75, 3.05) is 18.8 Å². The largest absolute Gasteiger partial charge is 0.316 e. The van der Waals surface area contributed by atoms with Gasteiger partial charge in [-0.3, -0.25) is 0 Å². The number of benzene rings is 1. The Hall–Kier alpha value is 0.0200. The van der Waals surface area contributed by atoms with Crippen LogP contribution in [0.25, 0.3) is 0 Å². The lowest BCUT2D eigenvalue weighted by Gasteiger charge is -2.31. The summed E-state index contributed by atoms with van der Waals surface area (Å²) in [4.78, 5) is 0. The van der Waals surface area contributed by atoms with Gasteiger partial charge in [0.25, 0.3) is 0 Å². The normalized spacial score (nSPS) is 21.0. The molecule has 0 bridgehead atoms. The minimum absolute atomic E-state index is 0.0800. The Balaban J connectivity index is 1.59. The number of hydrogen-bond acceptors (Lipinski definition) is 4. The summed E-state index contributed by atoms with van der Waals surface area (Å²) in [7, 11) is -3.26. The lowest BCUT2D eigenvalue weighted by molar-refractivity contribution is 0.303. The van der Waals surface area contributed by atoms with Crippen LogP contribution in [0.2, 0.25) is 10.0 Å². The van der Waals surface area contributed by atoms with Crippen molar-refractivity contribution in [1.82, 2.24) is 10.0 Å². The fourth-order valence-electron chi connectivity index (χ4n) is 3.18. The van der Waals surface area contributed by atoms with Gasteiger partial charge in [0.2, 0.25) is 10.0 Å². The Labute approximate surface area is 184 Å². The molecule has 1 aromatic carbocycles. The van der Waals surface area contributed by atoms with Crippen LogP contribution < -0.4 is 10.0 Å². The highest BCUT2D eigenvalue weighted by Crippen LogP contribution is 2.28. The lowest BCUT2D eigenvalue weighted by atomic mass is 9.86. The number of rotatable bonds is 9. The zero-order chi connectivity index (χ0) is 20.8. The summed E-state index contributed by atoms with van der Waals surface area (Å²) >= 11 is 14.2.